The lowest BCUT2D eigenvalue weighted by Gasteiger charge is -2.28. The Labute approximate surface area is 123 Å². The summed E-state index contributed by atoms with van der Waals surface area (Å²) in [6.07, 6.45) is 0.786. The minimum atomic E-state index is -0.145. The van der Waals surface area contributed by atoms with E-state index in [0.717, 1.165) is 23.1 Å². The highest BCUT2D eigenvalue weighted by Crippen LogP contribution is 2.41. The van der Waals surface area contributed by atoms with Crippen LogP contribution < -0.4 is 0 Å². The van der Waals surface area contributed by atoms with Gasteiger partial charge in [-0.2, -0.15) is 5.26 Å². The first-order chi connectivity index (χ1) is 9.02. The van der Waals surface area contributed by atoms with Crippen LogP contribution in [0, 0.1) is 11.3 Å². The zero-order valence-corrected chi connectivity index (χ0v) is 13.8. The van der Waals surface area contributed by atoms with Crippen molar-refractivity contribution in [3.8, 4) is 11.8 Å². The van der Waals surface area contributed by atoms with E-state index in [1.54, 1.807) is 0 Å². The fourth-order valence-electron chi connectivity index (χ4n) is 2.40. The van der Waals surface area contributed by atoms with Gasteiger partial charge in [-0.1, -0.05) is 60.6 Å². The number of nitriles is 1. The van der Waals surface area contributed by atoms with E-state index < -0.39 is 0 Å². The maximum atomic E-state index is 10.6. The molecule has 0 fully saturated rings. The van der Waals surface area contributed by atoms with Crippen LogP contribution in [0.5, 0.6) is 5.75 Å². The molecule has 0 amide bonds. The molecular formula is C18H27NO. The molecule has 2 heteroatoms. The Morgan fingerprint density at radius 3 is 1.70 bits per heavy atom. The van der Waals surface area contributed by atoms with Crippen LogP contribution in [-0.2, 0) is 10.8 Å². The van der Waals surface area contributed by atoms with Crippen molar-refractivity contribution in [2.24, 2.45) is 0 Å². The molecule has 2 nitrogen and oxygen atoms in total. The first kappa shape index (κ1) is 16.6. The number of phenolic OH excluding ortho intramolecular Hbond substituents is 1. The second-order valence-corrected chi connectivity index (χ2v) is 7.55. The number of hydrogen-bond acceptors (Lipinski definition) is 2. The number of rotatable bonds is 2. The predicted octanol–water partition coefficient (Wildman–Crippen LogP) is 5.00. The molecule has 0 saturated carbocycles. The summed E-state index contributed by atoms with van der Waals surface area (Å²) in [7, 11) is 0. The highest BCUT2D eigenvalue weighted by Gasteiger charge is 2.27. The summed E-state index contributed by atoms with van der Waals surface area (Å²) < 4.78 is 0. The van der Waals surface area contributed by atoms with Gasteiger partial charge >= 0.3 is 0 Å². The number of nitrogens with zero attached hydrogens (tertiary/aromatic N) is 1. The molecule has 1 N–H and O–H groups in total. The molecule has 110 valence electrons. The molecular weight excluding hydrogens is 246 g/mol. The summed E-state index contributed by atoms with van der Waals surface area (Å²) in [5, 5.41) is 20.0. The second kappa shape index (κ2) is 5.48. The third kappa shape index (κ3) is 3.33. The molecule has 0 spiro atoms. The van der Waals surface area contributed by atoms with Gasteiger partial charge in [0.15, 0.2) is 0 Å². The van der Waals surface area contributed by atoms with E-state index in [1.807, 2.05) is 19.1 Å². The number of hydrogen-bond donors (Lipinski definition) is 1. The van der Waals surface area contributed by atoms with Crippen molar-refractivity contribution in [2.45, 2.75) is 71.6 Å². The summed E-state index contributed by atoms with van der Waals surface area (Å²) in [6, 6.07) is 6.37. The highest BCUT2D eigenvalue weighted by molar-refractivity contribution is 5.51. The van der Waals surface area contributed by atoms with E-state index in [9.17, 15) is 10.4 Å². The molecule has 0 aliphatic heterocycles. The van der Waals surface area contributed by atoms with Crippen molar-refractivity contribution in [1.82, 2.24) is 0 Å². The van der Waals surface area contributed by atoms with Crippen molar-refractivity contribution in [1.29, 1.82) is 5.26 Å². The van der Waals surface area contributed by atoms with Crippen molar-refractivity contribution >= 4 is 0 Å². The maximum absolute atomic E-state index is 10.6. The molecule has 0 heterocycles. The minimum Gasteiger partial charge on any atom is -0.507 e. The third-order valence-corrected chi connectivity index (χ3v) is 3.71. The normalized spacial score (nSPS) is 13.9. The smallest absolute Gasteiger partial charge is 0.123 e. The Hall–Kier alpha value is -1.49. The van der Waals surface area contributed by atoms with Gasteiger partial charge in [-0.15, -0.1) is 0 Å². The van der Waals surface area contributed by atoms with Crippen molar-refractivity contribution < 1.29 is 5.11 Å². The number of benzene rings is 1. The molecule has 1 unspecified atom stereocenters. The van der Waals surface area contributed by atoms with Crippen LogP contribution in [0.25, 0.3) is 0 Å². The van der Waals surface area contributed by atoms with Gasteiger partial charge in [-0.3, -0.25) is 0 Å². The summed E-state index contributed by atoms with van der Waals surface area (Å²) in [5.41, 5.74) is 2.58. The first-order valence-electron chi connectivity index (χ1n) is 7.29. The van der Waals surface area contributed by atoms with Gasteiger partial charge in [0, 0.05) is 0 Å². The van der Waals surface area contributed by atoms with Crippen molar-refractivity contribution in [2.75, 3.05) is 0 Å². The molecule has 0 aromatic heterocycles. The van der Waals surface area contributed by atoms with E-state index in [-0.39, 0.29) is 16.7 Å². The molecule has 0 aliphatic rings. The maximum Gasteiger partial charge on any atom is 0.123 e. The molecule has 1 aromatic carbocycles. The van der Waals surface area contributed by atoms with Crippen LogP contribution >= 0.6 is 0 Å². The Morgan fingerprint density at radius 2 is 1.45 bits per heavy atom. The Morgan fingerprint density at radius 1 is 1.05 bits per heavy atom. The van der Waals surface area contributed by atoms with Gasteiger partial charge in [-0.05, 0) is 33.9 Å². The van der Waals surface area contributed by atoms with Gasteiger partial charge < -0.3 is 5.11 Å². The minimum absolute atomic E-state index is 0.113. The average Bonchev–Trinajstić information content (AvgIpc) is 2.29. The van der Waals surface area contributed by atoms with Gasteiger partial charge in [0.05, 0.1) is 12.0 Å². The van der Waals surface area contributed by atoms with Crippen molar-refractivity contribution in [3.05, 3.63) is 28.8 Å². The van der Waals surface area contributed by atoms with E-state index in [0.29, 0.717) is 5.75 Å². The van der Waals surface area contributed by atoms with Crippen LogP contribution in [0.2, 0.25) is 0 Å². The van der Waals surface area contributed by atoms with Crippen LogP contribution in [0.15, 0.2) is 12.1 Å². The van der Waals surface area contributed by atoms with Gasteiger partial charge in [0.1, 0.15) is 5.75 Å². The molecule has 1 atom stereocenters. The van der Waals surface area contributed by atoms with Crippen LogP contribution in [-0.4, -0.2) is 5.11 Å². The molecule has 0 radical (unpaired) electrons. The van der Waals surface area contributed by atoms with E-state index in [4.69, 9.17) is 0 Å². The largest absolute Gasteiger partial charge is 0.507 e. The lowest BCUT2D eigenvalue weighted by atomic mass is 9.77. The Kier molecular flexibility index (Phi) is 4.54. The SMILES string of the molecule is CCC(C#N)c1cc(C(C)(C)C)c(O)c(C(C)(C)C)c1. The summed E-state index contributed by atoms with van der Waals surface area (Å²) in [4.78, 5) is 0. The predicted molar refractivity (Wildman–Crippen MR) is 84.2 cm³/mol. The topological polar surface area (TPSA) is 44.0 Å². The summed E-state index contributed by atoms with van der Waals surface area (Å²) in [6.45, 7) is 14.6. The molecule has 0 bridgehead atoms. The molecule has 0 saturated heterocycles. The fourth-order valence-corrected chi connectivity index (χ4v) is 2.40. The van der Waals surface area contributed by atoms with Crippen LogP contribution in [0.3, 0.4) is 0 Å². The molecule has 0 aliphatic carbocycles. The summed E-state index contributed by atoms with van der Waals surface area (Å²) >= 11 is 0. The zero-order valence-electron chi connectivity index (χ0n) is 13.8. The Balaban J connectivity index is 3.64. The van der Waals surface area contributed by atoms with E-state index in [2.05, 4.69) is 47.6 Å². The number of phenols is 1. The molecule has 20 heavy (non-hydrogen) atoms. The summed E-state index contributed by atoms with van der Waals surface area (Å²) in [5.74, 6) is 0.263. The first-order valence-corrected chi connectivity index (χ1v) is 7.29. The molecule has 1 aromatic rings. The van der Waals surface area contributed by atoms with Crippen LogP contribution in [0.4, 0.5) is 0 Å². The lowest BCUT2D eigenvalue weighted by molar-refractivity contribution is 0.422. The lowest BCUT2D eigenvalue weighted by Crippen LogP contribution is -2.18. The van der Waals surface area contributed by atoms with Crippen LogP contribution in [0.1, 0.15) is 77.5 Å². The highest BCUT2D eigenvalue weighted by atomic mass is 16.3. The van der Waals surface area contributed by atoms with Gasteiger partial charge in [0.25, 0.3) is 0 Å². The second-order valence-electron chi connectivity index (χ2n) is 7.55. The standard InChI is InChI=1S/C18H27NO/c1-8-12(11-19)13-9-14(17(2,3)4)16(20)15(10-13)18(5,6)7/h9-10,12,20H,8H2,1-7H3. The van der Waals surface area contributed by atoms with Crippen molar-refractivity contribution in [3.63, 3.8) is 0 Å². The third-order valence-electron chi connectivity index (χ3n) is 3.71. The van der Waals surface area contributed by atoms with Gasteiger partial charge in [-0.25, -0.2) is 0 Å². The fraction of sp³-hybridized carbons (Fsp3) is 0.611. The van der Waals surface area contributed by atoms with E-state index in [1.165, 1.54) is 0 Å². The quantitative estimate of drug-likeness (QED) is 0.823. The zero-order chi connectivity index (χ0) is 15.7. The monoisotopic (exact) mass is 273 g/mol. The molecule has 1 rings (SSSR count). The van der Waals surface area contributed by atoms with E-state index >= 15 is 0 Å². The number of aromatic hydroxyl groups is 1. The van der Waals surface area contributed by atoms with Gasteiger partial charge in [0.2, 0.25) is 0 Å². The average molecular weight is 273 g/mol. The Bertz CT molecular complexity index is 489.